The van der Waals surface area contributed by atoms with E-state index in [1.54, 1.807) is 16.2 Å². The highest BCUT2D eigenvalue weighted by atomic mass is 32.1. The topological polar surface area (TPSA) is 65.5 Å². The van der Waals surface area contributed by atoms with E-state index in [-0.39, 0.29) is 18.1 Å². The number of carbonyl (C=O) groups excluding carboxylic acids is 1. The molecule has 5 nitrogen and oxygen atoms in total. The van der Waals surface area contributed by atoms with Crippen LogP contribution in [0.1, 0.15) is 35.3 Å². The summed E-state index contributed by atoms with van der Waals surface area (Å²) in [6.07, 6.45) is 1.91. The number of aromatic nitrogens is 1. The normalized spacial score (nSPS) is 22.9. The standard InChI is InChI=1S/C14H23N3O2S/c1-10-12(16-11(2)20-10)7-15-13(19)17-6-4-5-14(3,8-17)9-18/h18H,4-9H2,1-3H3,(H,15,19). The average Bonchev–Trinajstić information content (AvgIpc) is 2.74. The maximum absolute atomic E-state index is 12.2. The zero-order chi connectivity index (χ0) is 14.8. The minimum atomic E-state index is -0.164. The first-order valence-corrected chi connectivity index (χ1v) is 7.82. The van der Waals surface area contributed by atoms with Crippen LogP contribution in [0.4, 0.5) is 4.79 Å². The van der Waals surface area contributed by atoms with E-state index in [0.717, 1.165) is 35.0 Å². The summed E-state index contributed by atoms with van der Waals surface area (Å²) in [6, 6.07) is -0.0607. The van der Waals surface area contributed by atoms with Gasteiger partial charge in [0.25, 0.3) is 0 Å². The molecule has 20 heavy (non-hydrogen) atoms. The lowest BCUT2D eigenvalue weighted by atomic mass is 9.83. The molecule has 1 fully saturated rings. The Balaban J connectivity index is 1.90. The van der Waals surface area contributed by atoms with Crippen molar-refractivity contribution in [2.24, 2.45) is 5.41 Å². The molecule has 1 aromatic heterocycles. The van der Waals surface area contributed by atoms with Crippen LogP contribution in [0.25, 0.3) is 0 Å². The molecule has 0 aliphatic carbocycles. The van der Waals surface area contributed by atoms with Gasteiger partial charge in [-0.3, -0.25) is 0 Å². The van der Waals surface area contributed by atoms with E-state index in [2.05, 4.69) is 10.3 Å². The Hall–Kier alpha value is -1.14. The third kappa shape index (κ3) is 3.49. The maximum atomic E-state index is 12.2. The van der Waals surface area contributed by atoms with Gasteiger partial charge in [0, 0.05) is 23.4 Å². The quantitative estimate of drug-likeness (QED) is 0.897. The van der Waals surface area contributed by atoms with Gasteiger partial charge in [0.05, 0.1) is 23.9 Å². The number of nitrogens with one attached hydrogen (secondary N) is 1. The first-order chi connectivity index (χ1) is 9.43. The van der Waals surface area contributed by atoms with Crippen LogP contribution in [-0.4, -0.2) is 40.7 Å². The first-order valence-electron chi connectivity index (χ1n) is 7.00. The number of amides is 2. The third-order valence-corrected chi connectivity index (χ3v) is 4.79. The molecule has 2 N–H and O–H groups in total. The van der Waals surface area contributed by atoms with Gasteiger partial charge in [0.2, 0.25) is 0 Å². The van der Waals surface area contributed by atoms with Crippen molar-refractivity contribution in [3.05, 3.63) is 15.6 Å². The molecule has 0 aromatic carbocycles. The molecular formula is C14H23N3O2S. The molecule has 2 heterocycles. The van der Waals surface area contributed by atoms with Gasteiger partial charge in [0.15, 0.2) is 0 Å². The highest BCUT2D eigenvalue weighted by Crippen LogP contribution is 2.28. The molecular weight excluding hydrogens is 274 g/mol. The van der Waals surface area contributed by atoms with E-state index in [4.69, 9.17) is 0 Å². The number of thiazole rings is 1. The number of likely N-dealkylation sites (tertiary alicyclic amines) is 1. The van der Waals surface area contributed by atoms with Gasteiger partial charge >= 0.3 is 6.03 Å². The minimum absolute atomic E-state index is 0.0607. The Morgan fingerprint density at radius 3 is 2.90 bits per heavy atom. The van der Waals surface area contributed by atoms with Crippen LogP contribution in [0.2, 0.25) is 0 Å². The number of rotatable bonds is 3. The van der Waals surface area contributed by atoms with Gasteiger partial charge in [-0.2, -0.15) is 0 Å². The molecule has 6 heteroatoms. The summed E-state index contributed by atoms with van der Waals surface area (Å²) < 4.78 is 0. The van der Waals surface area contributed by atoms with E-state index >= 15 is 0 Å². The second-order valence-corrected chi connectivity index (χ2v) is 7.30. The number of nitrogens with zero attached hydrogens (tertiary/aromatic N) is 2. The van der Waals surface area contributed by atoms with Crippen LogP contribution >= 0.6 is 11.3 Å². The number of urea groups is 1. The number of piperidine rings is 1. The van der Waals surface area contributed by atoms with Crippen molar-refractivity contribution >= 4 is 17.4 Å². The van der Waals surface area contributed by atoms with Gasteiger partial charge in [-0.05, 0) is 26.7 Å². The van der Waals surface area contributed by atoms with Crippen molar-refractivity contribution in [1.29, 1.82) is 0 Å². The molecule has 1 unspecified atom stereocenters. The van der Waals surface area contributed by atoms with E-state index in [1.807, 2.05) is 20.8 Å². The second kappa shape index (κ2) is 6.10. The van der Waals surface area contributed by atoms with Crippen molar-refractivity contribution in [2.75, 3.05) is 19.7 Å². The molecule has 1 atom stereocenters. The van der Waals surface area contributed by atoms with E-state index < -0.39 is 0 Å². The Bertz CT molecular complexity index is 489. The van der Waals surface area contributed by atoms with Gasteiger partial charge in [-0.15, -0.1) is 11.3 Å². The summed E-state index contributed by atoms with van der Waals surface area (Å²) in [4.78, 5) is 19.6. The predicted octanol–water partition coefficient (Wildman–Crippen LogP) is 2.06. The first kappa shape index (κ1) is 15.3. The smallest absolute Gasteiger partial charge is 0.317 e. The van der Waals surface area contributed by atoms with Crippen LogP contribution in [0.3, 0.4) is 0 Å². The molecule has 0 bridgehead atoms. The molecule has 2 rings (SSSR count). The fourth-order valence-corrected chi connectivity index (χ4v) is 3.46. The molecule has 0 saturated carbocycles. The van der Waals surface area contributed by atoms with E-state index in [0.29, 0.717) is 13.1 Å². The number of hydrogen-bond donors (Lipinski definition) is 2. The van der Waals surface area contributed by atoms with Gasteiger partial charge < -0.3 is 15.3 Å². The highest BCUT2D eigenvalue weighted by molar-refractivity contribution is 7.11. The maximum Gasteiger partial charge on any atom is 0.317 e. The zero-order valence-electron chi connectivity index (χ0n) is 12.4. The van der Waals surface area contributed by atoms with E-state index in [9.17, 15) is 9.90 Å². The Morgan fingerprint density at radius 1 is 1.55 bits per heavy atom. The van der Waals surface area contributed by atoms with Crippen LogP contribution in [-0.2, 0) is 6.54 Å². The summed E-state index contributed by atoms with van der Waals surface area (Å²) in [5.74, 6) is 0. The second-order valence-electron chi connectivity index (χ2n) is 5.89. The van der Waals surface area contributed by atoms with Crippen molar-refractivity contribution in [3.8, 4) is 0 Å². The van der Waals surface area contributed by atoms with Crippen LogP contribution in [0.5, 0.6) is 0 Å². The summed E-state index contributed by atoms with van der Waals surface area (Å²) >= 11 is 1.65. The molecule has 112 valence electrons. The summed E-state index contributed by atoms with van der Waals surface area (Å²) in [6.45, 7) is 8.00. The Kier molecular flexibility index (Phi) is 4.65. The summed E-state index contributed by atoms with van der Waals surface area (Å²) in [5, 5.41) is 13.4. The number of carbonyl (C=O) groups is 1. The van der Waals surface area contributed by atoms with Crippen molar-refractivity contribution in [2.45, 2.75) is 40.2 Å². The lowest BCUT2D eigenvalue weighted by molar-refractivity contribution is 0.0614. The molecule has 1 saturated heterocycles. The minimum Gasteiger partial charge on any atom is -0.396 e. The molecule has 2 amide bonds. The summed E-state index contributed by atoms with van der Waals surface area (Å²) in [5.41, 5.74) is 0.783. The van der Waals surface area contributed by atoms with Crippen LogP contribution < -0.4 is 5.32 Å². The molecule has 1 aliphatic heterocycles. The fourth-order valence-electron chi connectivity index (χ4n) is 2.63. The molecule has 0 radical (unpaired) electrons. The number of aliphatic hydroxyl groups is 1. The molecule has 1 aromatic rings. The number of aryl methyl sites for hydroxylation is 2. The lowest BCUT2D eigenvalue weighted by Crippen LogP contribution is -2.49. The highest BCUT2D eigenvalue weighted by Gasteiger charge is 2.32. The molecule has 0 spiro atoms. The summed E-state index contributed by atoms with van der Waals surface area (Å²) in [7, 11) is 0. The number of aliphatic hydroxyl groups excluding tert-OH is 1. The van der Waals surface area contributed by atoms with Crippen LogP contribution in [0.15, 0.2) is 0 Å². The van der Waals surface area contributed by atoms with Crippen molar-refractivity contribution in [1.82, 2.24) is 15.2 Å². The van der Waals surface area contributed by atoms with Gasteiger partial charge in [0.1, 0.15) is 0 Å². The van der Waals surface area contributed by atoms with Gasteiger partial charge in [-0.1, -0.05) is 6.92 Å². The van der Waals surface area contributed by atoms with Crippen LogP contribution in [0, 0.1) is 19.3 Å². The van der Waals surface area contributed by atoms with Crippen molar-refractivity contribution < 1.29 is 9.90 Å². The Labute approximate surface area is 124 Å². The zero-order valence-corrected chi connectivity index (χ0v) is 13.2. The molecule has 1 aliphatic rings. The number of hydrogen-bond acceptors (Lipinski definition) is 4. The van der Waals surface area contributed by atoms with Crippen molar-refractivity contribution in [3.63, 3.8) is 0 Å². The van der Waals surface area contributed by atoms with E-state index in [1.165, 1.54) is 0 Å². The van der Waals surface area contributed by atoms with Gasteiger partial charge in [-0.25, -0.2) is 9.78 Å². The SMILES string of the molecule is Cc1nc(CNC(=O)N2CCCC(C)(CO)C2)c(C)s1. The Morgan fingerprint density at radius 2 is 2.30 bits per heavy atom. The predicted molar refractivity (Wildman–Crippen MR) is 79.8 cm³/mol. The largest absolute Gasteiger partial charge is 0.396 e. The lowest BCUT2D eigenvalue weighted by Gasteiger charge is -2.39. The monoisotopic (exact) mass is 297 g/mol. The fraction of sp³-hybridized carbons (Fsp3) is 0.714. The average molecular weight is 297 g/mol. The third-order valence-electron chi connectivity index (χ3n) is 3.86.